The number of ether oxygens (including phenoxy) is 2. The van der Waals surface area contributed by atoms with Crippen molar-refractivity contribution in [1.82, 2.24) is 0 Å². The summed E-state index contributed by atoms with van der Waals surface area (Å²) in [7, 11) is 2.79. The molecule has 0 radical (unpaired) electrons. The van der Waals surface area contributed by atoms with Gasteiger partial charge in [0.2, 0.25) is 0 Å². The number of rotatable bonds is 3. The van der Waals surface area contributed by atoms with Crippen LogP contribution in [0.15, 0.2) is 36.4 Å². The second-order valence-corrected chi connectivity index (χ2v) is 5.31. The molecule has 0 saturated carbocycles. The van der Waals surface area contributed by atoms with Gasteiger partial charge in [0, 0.05) is 5.56 Å². The highest BCUT2D eigenvalue weighted by Gasteiger charge is 2.14. The smallest absolute Gasteiger partial charge is 0.337 e. The molecule has 0 fully saturated rings. The molecule has 0 bridgehead atoms. The van der Waals surface area contributed by atoms with Crippen molar-refractivity contribution >= 4 is 23.2 Å². The minimum atomic E-state index is -0.474. The van der Waals surface area contributed by atoms with Crippen LogP contribution >= 0.6 is 12.2 Å². The zero-order chi connectivity index (χ0) is 17.0. The third kappa shape index (κ3) is 3.55. The van der Waals surface area contributed by atoms with Crippen LogP contribution in [0.4, 0.5) is 0 Å². The Hall–Kier alpha value is -2.71. The van der Waals surface area contributed by atoms with Crippen molar-refractivity contribution < 1.29 is 14.3 Å². The van der Waals surface area contributed by atoms with Crippen LogP contribution < -0.4 is 0 Å². The largest absolute Gasteiger partial charge is 0.486 e. The van der Waals surface area contributed by atoms with E-state index >= 15 is 0 Å². The van der Waals surface area contributed by atoms with Crippen molar-refractivity contribution in [3.8, 4) is 17.2 Å². The minimum Gasteiger partial charge on any atom is -0.486 e. The summed E-state index contributed by atoms with van der Waals surface area (Å²) in [5, 5.41) is 9.63. The van der Waals surface area contributed by atoms with Gasteiger partial charge in [0.1, 0.15) is 0 Å². The van der Waals surface area contributed by atoms with E-state index in [0.717, 1.165) is 11.1 Å². The summed E-state index contributed by atoms with van der Waals surface area (Å²) in [6.45, 7) is 1.92. The quantitative estimate of drug-likeness (QED) is 0.637. The minimum absolute atomic E-state index is 0.266. The fraction of sp³-hybridized carbons (Fsp3) is 0.167. The van der Waals surface area contributed by atoms with E-state index in [2.05, 4.69) is 6.07 Å². The molecule has 4 nitrogen and oxygen atoms in total. The predicted octanol–water partition coefficient (Wildman–Crippen LogP) is 3.64. The van der Waals surface area contributed by atoms with Gasteiger partial charge in [0.15, 0.2) is 5.05 Å². The number of nitriles is 1. The van der Waals surface area contributed by atoms with Crippen LogP contribution in [-0.2, 0) is 9.47 Å². The van der Waals surface area contributed by atoms with Crippen molar-refractivity contribution in [2.75, 3.05) is 14.2 Å². The molecule has 0 aromatic heterocycles. The van der Waals surface area contributed by atoms with Crippen molar-refractivity contribution in [3.05, 3.63) is 58.7 Å². The molecule has 23 heavy (non-hydrogen) atoms. The lowest BCUT2D eigenvalue weighted by atomic mass is 9.95. The van der Waals surface area contributed by atoms with Crippen molar-refractivity contribution in [1.29, 1.82) is 5.26 Å². The van der Waals surface area contributed by atoms with Crippen LogP contribution in [-0.4, -0.2) is 25.2 Å². The number of hydrogen-bond acceptors (Lipinski definition) is 5. The number of aryl methyl sites for hydroxylation is 1. The fourth-order valence-electron chi connectivity index (χ4n) is 2.26. The summed E-state index contributed by atoms with van der Waals surface area (Å²) in [6.07, 6.45) is 0. The van der Waals surface area contributed by atoms with Gasteiger partial charge in [-0.1, -0.05) is 12.1 Å². The molecule has 0 amide bonds. The van der Waals surface area contributed by atoms with Gasteiger partial charge in [0.25, 0.3) is 0 Å². The molecule has 0 saturated heterocycles. The summed E-state index contributed by atoms with van der Waals surface area (Å²) < 4.78 is 9.87. The Bertz CT molecular complexity index is 787. The van der Waals surface area contributed by atoms with E-state index in [-0.39, 0.29) is 5.05 Å². The normalized spacial score (nSPS) is 9.83. The lowest BCUT2D eigenvalue weighted by Crippen LogP contribution is -2.06. The van der Waals surface area contributed by atoms with Crippen LogP contribution in [0, 0.1) is 18.3 Å². The van der Waals surface area contributed by atoms with Gasteiger partial charge in [-0.25, -0.2) is 4.79 Å². The second kappa shape index (κ2) is 7.03. The molecule has 0 spiro atoms. The highest BCUT2D eigenvalue weighted by atomic mass is 32.1. The number of methoxy groups -OCH3 is 2. The highest BCUT2D eigenvalue weighted by Crippen LogP contribution is 2.27. The number of benzene rings is 2. The zero-order valence-electron chi connectivity index (χ0n) is 13.0. The molecule has 2 aromatic carbocycles. The topological polar surface area (TPSA) is 59.3 Å². The van der Waals surface area contributed by atoms with Crippen LogP contribution in [0.1, 0.15) is 27.0 Å². The molecular weight excluding hydrogens is 310 g/mol. The molecule has 0 heterocycles. The van der Waals surface area contributed by atoms with Crippen LogP contribution in [0.5, 0.6) is 0 Å². The standard InChI is InChI=1S/C18H15NO3S/c1-11-4-5-16(15(6-11)10-19)12-7-13(17(20)21-2)9-14(8-12)18(23)22-3/h4-9H,1-3H3. The Morgan fingerprint density at radius 1 is 1.09 bits per heavy atom. The molecule has 0 unspecified atom stereocenters. The van der Waals surface area contributed by atoms with E-state index in [1.54, 1.807) is 24.3 Å². The van der Waals surface area contributed by atoms with Crippen LogP contribution in [0.25, 0.3) is 11.1 Å². The fourth-order valence-corrected chi connectivity index (χ4v) is 2.37. The van der Waals surface area contributed by atoms with Gasteiger partial charge in [-0.05, 0) is 60.1 Å². The maximum atomic E-state index is 11.9. The molecular formula is C18H15NO3S. The van der Waals surface area contributed by atoms with Crippen molar-refractivity contribution in [2.24, 2.45) is 0 Å². The first-order chi connectivity index (χ1) is 11.0. The van der Waals surface area contributed by atoms with E-state index < -0.39 is 5.97 Å². The van der Waals surface area contributed by atoms with Gasteiger partial charge in [-0.15, -0.1) is 0 Å². The summed E-state index contributed by atoms with van der Waals surface area (Å²) in [5.41, 5.74) is 3.89. The highest BCUT2D eigenvalue weighted by molar-refractivity contribution is 7.80. The Morgan fingerprint density at radius 2 is 1.78 bits per heavy atom. The number of carbonyl (C=O) groups is 1. The van der Waals surface area contributed by atoms with E-state index in [0.29, 0.717) is 22.3 Å². The lowest BCUT2D eigenvalue weighted by molar-refractivity contribution is 0.0600. The Kier molecular flexibility index (Phi) is 5.09. The van der Waals surface area contributed by atoms with Gasteiger partial charge in [-0.2, -0.15) is 5.26 Å². The number of nitrogens with zero attached hydrogens (tertiary/aromatic N) is 1. The predicted molar refractivity (Wildman–Crippen MR) is 91.4 cm³/mol. The first-order valence-electron chi connectivity index (χ1n) is 6.83. The maximum Gasteiger partial charge on any atom is 0.337 e. The summed E-state index contributed by atoms with van der Waals surface area (Å²) >= 11 is 5.16. The number of carbonyl (C=O) groups excluding carboxylic acids is 1. The molecule has 0 N–H and O–H groups in total. The molecule has 116 valence electrons. The number of thiocarbonyl (C=S) groups is 1. The second-order valence-electron chi connectivity index (χ2n) is 4.94. The van der Waals surface area contributed by atoms with Crippen molar-refractivity contribution in [2.45, 2.75) is 6.92 Å². The molecule has 0 aliphatic carbocycles. The van der Waals surface area contributed by atoms with Crippen LogP contribution in [0.3, 0.4) is 0 Å². The van der Waals surface area contributed by atoms with E-state index in [9.17, 15) is 10.1 Å². The molecule has 0 aliphatic rings. The number of hydrogen-bond donors (Lipinski definition) is 0. The molecule has 2 rings (SSSR count). The Balaban J connectivity index is 2.69. The summed E-state index contributed by atoms with van der Waals surface area (Å²) in [5.74, 6) is -0.474. The average Bonchev–Trinajstić information content (AvgIpc) is 2.59. The zero-order valence-corrected chi connectivity index (χ0v) is 13.9. The summed E-state index contributed by atoms with van der Waals surface area (Å²) in [6, 6.07) is 12.8. The average molecular weight is 325 g/mol. The first-order valence-corrected chi connectivity index (χ1v) is 7.23. The van der Waals surface area contributed by atoms with Crippen molar-refractivity contribution in [3.63, 3.8) is 0 Å². The Morgan fingerprint density at radius 3 is 2.39 bits per heavy atom. The molecule has 2 aromatic rings. The van der Waals surface area contributed by atoms with Gasteiger partial charge < -0.3 is 9.47 Å². The van der Waals surface area contributed by atoms with E-state index in [1.807, 2.05) is 19.1 Å². The third-order valence-electron chi connectivity index (χ3n) is 3.38. The van der Waals surface area contributed by atoms with Gasteiger partial charge in [-0.3, -0.25) is 0 Å². The third-order valence-corrected chi connectivity index (χ3v) is 3.78. The molecule has 0 atom stereocenters. The van der Waals surface area contributed by atoms with Gasteiger partial charge >= 0.3 is 5.97 Å². The summed E-state index contributed by atoms with van der Waals surface area (Å²) in [4.78, 5) is 11.9. The monoisotopic (exact) mass is 325 g/mol. The first kappa shape index (κ1) is 16.7. The van der Waals surface area contributed by atoms with E-state index in [1.165, 1.54) is 14.2 Å². The molecule has 0 aliphatic heterocycles. The van der Waals surface area contributed by atoms with E-state index in [4.69, 9.17) is 21.7 Å². The Labute approximate surface area is 140 Å². The van der Waals surface area contributed by atoms with Gasteiger partial charge in [0.05, 0.1) is 31.4 Å². The number of esters is 1. The molecule has 5 heteroatoms. The SMILES string of the molecule is COC(=O)c1cc(C(=S)OC)cc(-c2ccc(C)cc2C#N)c1. The van der Waals surface area contributed by atoms with Crippen LogP contribution in [0.2, 0.25) is 0 Å². The maximum absolute atomic E-state index is 11.9. The lowest BCUT2D eigenvalue weighted by Gasteiger charge is -2.11.